The van der Waals surface area contributed by atoms with Crippen molar-refractivity contribution in [3.05, 3.63) is 32.6 Å². The van der Waals surface area contributed by atoms with E-state index in [1.807, 2.05) is 11.1 Å². The fourth-order valence-electron chi connectivity index (χ4n) is 0.682. The molecule has 0 saturated heterocycles. The second-order valence-electron chi connectivity index (χ2n) is 2.12. The van der Waals surface area contributed by atoms with Gasteiger partial charge in [-0.3, -0.25) is 9.78 Å². The van der Waals surface area contributed by atoms with Crippen LogP contribution in [-0.4, -0.2) is 9.97 Å². The molecule has 0 saturated carbocycles. The molecule has 0 aliphatic heterocycles. The second kappa shape index (κ2) is 3.93. The quantitative estimate of drug-likeness (QED) is 0.512. The number of hydrogen-bond donors (Lipinski definition) is 2. The van der Waals surface area contributed by atoms with Gasteiger partial charge in [-0.2, -0.15) is 5.26 Å². The van der Waals surface area contributed by atoms with Gasteiger partial charge < -0.3 is 4.98 Å². The molecule has 1 aromatic heterocycles. The molecule has 0 radical (unpaired) electrons. The molecule has 1 rings (SSSR count). The molecule has 13 heavy (non-hydrogen) atoms. The molecule has 2 N–H and O–H groups in total. The number of H-pyrrole nitrogens is 2. The molecule has 1 heterocycles. The largest absolute Gasteiger partial charge is 0.325 e. The first kappa shape index (κ1) is 8.82. The molecule has 0 spiro atoms. The van der Waals surface area contributed by atoms with Crippen LogP contribution in [0.5, 0.6) is 0 Å². The van der Waals surface area contributed by atoms with E-state index in [1.165, 1.54) is 6.20 Å². The third-order valence-corrected chi connectivity index (χ3v) is 1.21. The fraction of sp³-hybridized carbons (Fsp3) is 0.125. The lowest BCUT2D eigenvalue weighted by Gasteiger charge is -1.85. The van der Waals surface area contributed by atoms with Gasteiger partial charge in [0.05, 0.1) is 12.5 Å². The topological polar surface area (TPSA) is 89.5 Å². The average Bonchev–Trinajstić information content (AvgIpc) is 2.09. The zero-order chi connectivity index (χ0) is 9.68. The maximum atomic E-state index is 11.0. The Kier molecular flexibility index (Phi) is 2.67. The minimum Gasteiger partial charge on any atom is -0.313 e. The standard InChI is InChI=1S/C8H5N3O2/c9-4-2-1-3-6-5-10-8(13)11-7(6)12/h5H,2H2,(H2,10,11,12,13). The van der Waals surface area contributed by atoms with E-state index in [2.05, 4.69) is 16.8 Å². The maximum absolute atomic E-state index is 11.0. The van der Waals surface area contributed by atoms with Crippen molar-refractivity contribution in [3.63, 3.8) is 0 Å². The Morgan fingerprint density at radius 1 is 1.46 bits per heavy atom. The molecule has 0 aromatic carbocycles. The summed E-state index contributed by atoms with van der Waals surface area (Å²) in [4.78, 5) is 25.8. The smallest absolute Gasteiger partial charge is 0.313 e. The van der Waals surface area contributed by atoms with Gasteiger partial charge in [-0.25, -0.2) is 4.79 Å². The Labute approximate surface area is 73.0 Å². The van der Waals surface area contributed by atoms with Crippen LogP contribution in [0, 0.1) is 23.2 Å². The first-order valence-corrected chi connectivity index (χ1v) is 3.42. The monoisotopic (exact) mass is 175 g/mol. The zero-order valence-electron chi connectivity index (χ0n) is 6.55. The SMILES string of the molecule is N#CCC#Cc1c[nH]c(=O)[nH]c1=O. The van der Waals surface area contributed by atoms with Crippen molar-refractivity contribution in [2.24, 2.45) is 0 Å². The van der Waals surface area contributed by atoms with Gasteiger partial charge in [-0.1, -0.05) is 11.8 Å². The molecule has 5 heteroatoms. The van der Waals surface area contributed by atoms with E-state index in [0.29, 0.717) is 0 Å². The molecule has 0 amide bonds. The van der Waals surface area contributed by atoms with Gasteiger partial charge >= 0.3 is 5.69 Å². The molecule has 5 nitrogen and oxygen atoms in total. The van der Waals surface area contributed by atoms with Crippen LogP contribution in [0.1, 0.15) is 12.0 Å². The van der Waals surface area contributed by atoms with E-state index in [4.69, 9.17) is 5.26 Å². The van der Waals surface area contributed by atoms with Crippen LogP contribution in [0.2, 0.25) is 0 Å². The van der Waals surface area contributed by atoms with Crippen LogP contribution in [-0.2, 0) is 0 Å². The average molecular weight is 175 g/mol. The summed E-state index contributed by atoms with van der Waals surface area (Å²) in [5, 5.41) is 8.16. The Balaban J connectivity index is 3.08. The van der Waals surface area contributed by atoms with Gasteiger partial charge in [0, 0.05) is 6.20 Å². The summed E-state index contributed by atoms with van der Waals surface area (Å²) >= 11 is 0. The highest BCUT2D eigenvalue weighted by atomic mass is 16.2. The zero-order valence-corrected chi connectivity index (χ0v) is 6.55. The Morgan fingerprint density at radius 2 is 2.23 bits per heavy atom. The number of nitriles is 1. The van der Waals surface area contributed by atoms with Gasteiger partial charge in [0.1, 0.15) is 5.56 Å². The van der Waals surface area contributed by atoms with Gasteiger partial charge in [0.25, 0.3) is 5.56 Å². The van der Waals surface area contributed by atoms with E-state index in [-0.39, 0.29) is 12.0 Å². The van der Waals surface area contributed by atoms with E-state index < -0.39 is 11.2 Å². The van der Waals surface area contributed by atoms with Crippen LogP contribution in [0.15, 0.2) is 15.8 Å². The van der Waals surface area contributed by atoms with Crippen molar-refractivity contribution in [1.82, 2.24) is 9.97 Å². The Bertz CT molecular complexity index is 507. The summed E-state index contributed by atoms with van der Waals surface area (Å²) in [6, 6.07) is 1.81. The summed E-state index contributed by atoms with van der Waals surface area (Å²) in [5.41, 5.74) is -0.972. The summed E-state index contributed by atoms with van der Waals surface area (Å²) < 4.78 is 0. The number of aromatic amines is 2. The molecule has 0 unspecified atom stereocenters. The highest BCUT2D eigenvalue weighted by Crippen LogP contribution is 1.79. The summed E-state index contributed by atoms with van der Waals surface area (Å²) in [6.45, 7) is 0. The third-order valence-electron chi connectivity index (χ3n) is 1.21. The highest BCUT2D eigenvalue weighted by Gasteiger charge is 1.93. The maximum Gasteiger partial charge on any atom is 0.325 e. The van der Waals surface area contributed by atoms with E-state index in [0.717, 1.165) is 0 Å². The second-order valence-corrected chi connectivity index (χ2v) is 2.12. The fourth-order valence-corrected chi connectivity index (χ4v) is 0.682. The number of hydrogen-bond acceptors (Lipinski definition) is 3. The Morgan fingerprint density at radius 3 is 2.85 bits per heavy atom. The number of nitrogens with zero attached hydrogens (tertiary/aromatic N) is 1. The Hall–Kier alpha value is -2.27. The predicted molar refractivity (Wildman–Crippen MR) is 44.8 cm³/mol. The number of aromatic nitrogens is 2. The van der Waals surface area contributed by atoms with Gasteiger partial charge in [0.15, 0.2) is 0 Å². The van der Waals surface area contributed by atoms with Crippen molar-refractivity contribution in [1.29, 1.82) is 5.26 Å². The van der Waals surface area contributed by atoms with Crippen LogP contribution >= 0.6 is 0 Å². The molecule has 0 aliphatic rings. The minimum absolute atomic E-state index is 0.0541. The van der Waals surface area contributed by atoms with E-state index >= 15 is 0 Å². The van der Waals surface area contributed by atoms with Crippen LogP contribution in [0.4, 0.5) is 0 Å². The number of rotatable bonds is 0. The van der Waals surface area contributed by atoms with Gasteiger partial charge in [-0.05, 0) is 0 Å². The predicted octanol–water partition coefficient (Wildman–Crippen LogP) is -0.672. The lowest BCUT2D eigenvalue weighted by atomic mass is 10.3. The van der Waals surface area contributed by atoms with Crippen molar-refractivity contribution in [2.45, 2.75) is 6.42 Å². The van der Waals surface area contributed by atoms with Gasteiger partial charge in [-0.15, -0.1) is 0 Å². The molecule has 0 fully saturated rings. The van der Waals surface area contributed by atoms with Crippen molar-refractivity contribution in [3.8, 4) is 17.9 Å². The van der Waals surface area contributed by atoms with E-state index in [9.17, 15) is 9.59 Å². The molecule has 0 atom stereocenters. The molecular weight excluding hydrogens is 170 g/mol. The minimum atomic E-state index is -0.573. The molecule has 0 aliphatic carbocycles. The molecule has 0 bridgehead atoms. The third kappa shape index (κ3) is 2.35. The van der Waals surface area contributed by atoms with Crippen molar-refractivity contribution >= 4 is 0 Å². The summed E-state index contributed by atoms with van der Waals surface area (Å²) in [5.74, 6) is 4.91. The molecule has 1 aromatic rings. The lowest BCUT2D eigenvalue weighted by Crippen LogP contribution is -2.23. The van der Waals surface area contributed by atoms with Crippen molar-refractivity contribution in [2.75, 3.05) is 0 Å². The summed E-state index contributed by atoms with van der Waals surface area (Å²) in [6.07, 6.45) is 1.27. The summed E-state index contributed by atoms with van der Waals surface area (Å²) in [7, 11) is 0. The first-order chi connectivity index (χ1) is 6.24. The lowest BCUT2D eigenvalue weighted by molar-refractivity contribution is 1.03. The number of nitrogens with one attached hydrogen (secondary N) is 2. The highest BCUT2D eigenvalue weighted by molar-refractivity contribution is 5.29. The molecule has 64 valence electrons. The molecular formula is C8H5N3O2. The normalized spacial score (nSPS) is 8.23. The van der Waals surface area contributed by atoms with Crippen molar-refractivity contribution < 1.29 is 0 Å². The van der Waals surface area contributed by atoms with Crippen LogP contribution < -0.4 is 11.2 Å². The first-order valence-electron chi connectivity index (χ1n) is 3.42. The van der Waals surface area contributed by atoms with E-state index in [1.54, 1.807) is 0 Å². The van der Waals surface area contributed by atoms with Crippen LogP contribution in [0.25, 0.3) is 0 Å². The van der Waals surface area contributed by atoms with Gasteiger partial charge in [0.2, 0.25) is 0 Å². The van der Waals surface area contributed by atoms with Crippen LogP contribution in [0.3, 0.4) is 0 Å².